The summed E-state index contributed by atoms with van der Waals surface area (Å²) in [5.41, 5.74) is 20.9. The van der Waals surface area contributed by atoms with Crippen LogP contribution in [0.15, 0.2) is 24.3 Å². The van der Waals surface area contributed by atoms with E-state index in [1.165, 1.54) is 0 Å². The van der Waals surface area contributed by atoms with Crippen molar-refractivity contribution in [2.24, 2.45) is 5.73 Å². The van der Waals surface area contributed by atoms with Crippen LogP contribution in [0.4, 0.5) is 11.6 Å². The molecule has 0 unspecified atom stereocenters. The van der Waals surface area contributed by atoms with Gasteiger partial charge < -0.3 is 26.7 Å². The molecule has 2 rings (SSSR count). The van der Waals surface area contributed by atoms with Crippen molar-refractivity contribution < 1.29 is 9.47 Å². The lowest BCUT2D eigenvalue weighted by atomic mass is 10.2. The molecule has 0 aliphatic rings. The fourth-order valence-corrected chi connectivity index (χ4v) is 2.58. The van der Waals surface area contributed by atoms with Gasteiger partial charge in [-0.05, 0) is 62.2 Å². The molecular formula is C18H29N5O2S. The zero-order valence-electron chi connectivity index (χ0n) is 15.4. The Balaban J connectivity index is 0.00000338. The molecule has 144 valence electrons. The van der Waals surface area contributed by atoms with Gasteiger partial charge in [0.25, 0.3) is 0 Å². The minimum Gasteiger partial charge on any atom is -0.384 e. The average molecular weight is 380 g/mol. The first-order chi connectivity index (χ1) is 12.0. The summed E-state index contributed by atoms with van der Waals surface area (Å²) in [6.07, 6.45) is 0.584. The summed E-state index contributed by atoms with van der Waals surface area (Å²) >= 11 is 0. The van der Waals surface area contributed by atoms with Crippen molar-refractivity contribution in [2.75, 3.05) is 24.6 Å². The molecule has 0 saturated carbocycles. The van der Waals surface area contributed by atoms with Crippen molar-refractivity contribution in [1.29, 1.82) is 0 Å². The van der Waals surface area contributed by atoms with Crippen LogP contribution in [0.3, 0.4) is 0 Å². The van der Waals surface area contributed by atoms with Crippen LogP contribution in [0.25, 0.3) is 0 Å². The van der Waals surface area contributed by atoms with E-state index in [4.69, 9.17) is 26.7 Å². The second-order valence-electron chi connectivity index (χ2n) is 6.15. The first-order valence-electron chi connectivity index (χ1n) is 8.31. The molecule has 26 heavy (non-hydrogen) atoms. The molecule has 0 aromatic carbocycles. The van der Waals surface area contributed by atoms with Gasteiger partial charge in [0.15, 0.2) is 0 Å². The molecule has 0 aliphatic carbocycles. The van der Waals surface area contributed by atoms with E-state index < -0.39 is 0 Å². The Labute approximate surface area is 161 Å². The van der Waals surface area contributed by atoms with Crippen LogP contribution in [-0.2, 0) is 22.7 Å². The molecule has 6 N–H and O–H groups in total. The van der Waals surface area contributed by atoms with E-state index in [1.54, 1.807) is 0 Å². The van der Waals surface area contributed by atoms with Crippen molar-refractivity contribution in [3.63, 3.8) is 0 Å². The highest BCUT2D eigenvalue weighted by Crippen LogP contribution is 2.11. The van der Waals surface area contributed by atoms with Crippen molar-refractivity contribution in [3.05, 3.63) is 46.8 Å². The monoisotopic (exact) mass is 379 g/mol. The zero-order chi connectivity index (χ0) is 18.2. The molecule has 0 fully saturated rings. The number of hydrogen-bond donors (Lipinski definition) is 3. The number of nitrogens with two attached hydrogens (primary N) is 3. The predicted octanol–water partition coefficient (Wildman–Crippen LogP) is 1.82. The van der Waals surface area contributed by atoms with Gasteiger partial charge in [-0.3, -0.25) is 0 Å². The van der Waals surface area contributed by atoms with Crippen molar-refractivity contribution in [1.82, 2.24) is 9.97 Å². The van der Waals surface area contributed by atoms with Gasteiger partial charge >= 0.3 is 0 Å². The fourth-order valence-electron chi connectivity index (χ4n) is 2.58. The maximum atomic E-state index is 5.90. The number of rotatable bonds is 9. The molecule has 0 saturated heterocycles. The highest BCUT2D eigenvalue weighted by Gasteiger charge is 2.11. The number of ether oxygens (including phenoxy) is 2. The van der Waals surface area contributed by atoms with E-state index in [-0.39, 0.29) is 19.6 Å². The van der Waals surface area contributed by atoms with Gasteiger partial charge in [0.1, 0.15) is 11.6 Å². The van der Waals surface area contributed by atoms with E-state index in [0.29, 0.717) is 44.4 Å². The molecule has 1 atom stereocenters. The van der Waals surface area contributed by atoms with E-state index in [2.05, 4.69) is 9.97 Å². The van der Waals surface area contributed by atoms with Crippen LogP contribution < -0.4 is 17.2 Å². The third-order valence-corrected chi connectivity index (χ3v) is 3.59. The van der Waals surface area contributed by atoms with Gasteiger partial charge in [-0.25, -0.2) is 9.97 Å². The first-order valence-corrected chi connectivity index (χ1v) is 8.31. The Hall–Kier alpha value is -1.87. The Bertz CT molecular complexity index is 659. The topological polar surface area (TPSA) is 122 Å². The molecule has 7 nitrogen and oxygen atoms in total. The second-order valence-corrected chi connectivity index (χ2v) is 6.15. The van der Waals surface area contributed by atoms with Crippen LogP contribution in [0, 0.1) is 13.8 Å². The number of anilines is 2. The first kappa shape index (κ1) is 22.2. The van der Waals surface area contributed by atoms with E-state index in [9.17, 15) is 0 Å². The van der Waals surface area contributed by atoms with Crippen LogP contribution >= 0.6 is 13.5 Å². The number of nitrogen functional groups attached to an aromatic ring is 2. The predicted molar refractivity (Wildman–Crippen MR) is 109 cm³/mol. The molecule has 0 aliphatic heterocycles. The molecule has 2 aromatic rings. The van der Waals surface area contributed by atoms with Gasteiger partial charge in [0.2, 0.25) is 0 Å². The summed E-state index contributed by atoms with van der Waals surface area (Å²) < 4.78 is 11.6. The lowest BCUT2D eigenvalue weighted by Crippen LogP contribution is -2.23. The summed E-state index contributed by atoms with van der Waals surface area (Å²) in [4.78, 5) is 8.52. The third-order valence-electron chi connectivity index (χ3n) is 3.59. The number of nitrogens with zero attached hydrogens (tertiary/aromatic N) is 2. The van der Waals surface area contributed by atoms with E-state index in [1.807, 2.05) is 38.1 Å². The molecular weight excluding hydrogens is 350 g/mol. The van der Waals surface area contributed by atoms with Crippen LogP contribution in [0.1, 0.15) is 28.9 Å². The average Bonchev–Trinajstić information content (AvgIpc) is 2.51. The molecule has 2 aromatic heterocycles. The minimum atomic E-state index is -0.115. The fraction of sp³-hybridized carbons (Fsp3) is 0.444. The van der Waals surface area contributed by atoms with E-state index in [0.717, 1.165) is 22.5 Å². The number of pyridine rings is 2. The van der Waals surface area contributed by atoms with Crippen LogP contribution in [0.2, 0.25) is 0 Å². The quantitative estimate of drug-likeness (QED) is 0.607. The SMILES string of the molecule is Cc1cc(N)nc(COC[C@H](CCN)OCc2cc(C)cc(N)n2)c1.S. The highest BCUT2D eigenvalue weighted by atomic mass is 32.1. The molecule has 0 radical (unpaired) electrons. The van der Waals surface area contributed by atoms with Gasteiger partial charge in [0.05, 0.1) is 37.3 Å². The number of aryl methyl sites for hydroxylation is 2. The van der Waals surface area contributed by atoms with Crippen LogP contribution in [0.5, 0.6) is 0 Å². The van der Waals surface area contributed by atoms with Crippen molar-refractivity contribution >= 4 is 25.1 Å². The minimum absolute atomic E-state index is 0. The van der Waals surface area contributed by atoms with Gasteiger partial charge in [-0.2, -0.15) is 13.5 Å². The summed E-state index contributed by atoms with van der Waals surface area (Å²) in [5.74, 6) is 0.991. The Morgan fingerprint density at radius 1 is 0.923 bits per heavy atom. The van der Waals surface area contributed by atoms with Crippen molar-refractivity contribution in [3.8, 4) is 0 Å². The normalized spacial score (nSPS) is 11.8. The Morgan fingerprint density at radius 3 is 1.96 bits per heavy atom. The lowest BCUT2D eigenvalue weighted by molar-refractivity contribution is -0.0335. The van der Waals surface area contributed by atoms with E-state index >= 15 is 0 Å². The summed E-state index contributed by atoms with van der Waals surface area (Å²) in [6.45, 7) is 5.65. The standard InChI is InChI=1S/C18H27N5O2.H2S/c1-12-5-14(22-17(20)7-12)9-24-11-16(3-4-19)25-10-15-6-13(2)8-18(21)23-15;/h5-8,16H,3-4,9-11,19H2,1-2H3,(H2,20,22)(H2,21,23);1H2/t16-;/m0./s1. The van der Waals surface area contributed by atoms with Gasteiger partial charge in [0, 0.05) is 0 Å². The number of aromatic nitrogens is 2. The third kappa shape index (κ3) is 7.57. The largest absolute Gasteiger partial charge is 0.384 e. The van der Waals surface area contributed by atoms with Crippen molar-refractivity contribution in [2.45, 2.75) is 39.6 Å². The second kappa shape index (κ2) is 11.0. The highest BCUT2D eigenvalue weighted by molar-refractivity contribution is 7.59. The summed E-state index contributed by atoms with van der Waals surface area (Å²) in [6, 6.07) is 7.56. The number of hydrogen-bond acceptors (Lipinski definition) is 7. The molecule has 0 spiro atoms. The van der Waals surface area contributed by atoms with Crippen LogP contribution in [-0.4, -0.2) is 29.2 Å². The molecule has 0 amide bonds. The van der Waals surface area contributed by atoms with Gasteiger partial charge in [-0.1, -0.05) is 0 Å². The Kier molecular flexibility index (Phi) is 9.36. The van der Waals surface area contributed by atoms with Gasteiger partial charge in [-0.15, -0.1) is 0 Å². The zero-order valence-corrected chi connectivity index (χ0v) is 16.4. The molecule has 0 bridgehead atoms. The summed E-state index contributed by atoms with van der Waals surface area (Å²) in [5, 5.41) is 0. The molecule has 8 heteroatoms. The molecule has 2 heterocycles. The summed E-state index contributed by atoms with van der Waals surface area (Å²) in [7, 11) is 0. The smallest absolute Gasteiger partial charge is 0.123 e. The maximum Gasteiger partial charge on any atom is 0.123 e. The Morgan fingerprint density at radius 2 is 1.46 bits per heavy atom. The maximum absolute atomic E-state index is 5.90. The lowest BCUT2D eigenvalue weighted by Gasteiger charge is -2.17.